The molecule has 2 nitrogen and oxygen atoms in total. The number of hydrogen-bond donors (Lipinski definition) is 0. The van der Waals surface area contributed by atoms with Crippen molar-refractivity contribution in [1.82, 2.24) is 9.80 Å². The fraction of sp³-hybridized carbons (Fsp3) is 1.00. The fourth-order valence-corrected chi connectivity index (χ4v) is 3.42. The summed E-state index contributed by atoms with van der Waals surface area (Å²) in [5.74, 6) is 0. The molecule has 0 aromatic heterocycles. The van der Waals surface area contributed by atoms with Gasteiger partial charge in [0.2, 0.25) is 0 Å². The van der Waals surface area contributed by atoms with Crippen molar-refractivity contribution < 1.29 is 0 Å². The van der Waals surface area contributed by atoms with Crippen molar-refractivity contribution in [3.63, 3.8) is 0 Å². The Morgan fingerprint density at radius 1 is 1.07 bits per heavy atom. The average Bonchev–Trinajstić information content (AvgIpc) is 2.48. The van der Waals surface area contributed by atoms with Gasteiger partial charge in [0.25, 0.3) is 0 Å². The van der Waals surface area contributed by atoms with Crippen LogP contribution in [0.25, 0.3) is 0 Å². The maximum absolute atomic E-state index is 2.64. The monoisotopic (exact) mass is 210 g/mol. The van der Waals surface area contributed by atoms with Crippen LogP contribution in [0.2, 0.25) is 0 Å². The Bertz CT molecular complexity index is 217. The molecule has 2 heterocycles. The molecule has 2 aliphatic rings. The SMILES string of the molecule is CC(C)N1CCC2(CC1)CCN(C)[C@H]2C. The molecule has 0 radical (unpaired) electrons. The normalized spacial score (nSPS) is 33.0. The zero-order valence-electron chi connectivity index (χ0n) is 10.8. The van der Waals surface area contributed by atoms with E-state index >= 15 is 0 Å². The molecule has 0 aromatic carbocycles. The predicted molar refractivity (Wildman–Crippen MR) is 65.1 cm³/mol. The molecule has 2 fully saturated rings. The highest BCUT2D eigenvalue weighted by molar-refractivity contribution is 4.98. The molecule has 15 heavy (non-hydrogen) atoms. The number of hydrogen-bond acceptors (Lipinski definition) is 2. The van der Waals surface area contributed by atoms with Gasteiger partial charge in [-0.3, -0.25) is 0 Å². The molecule has 0 N–H and O–H groups in total. The summed E-state index contributed by atoms with van der Waals surface area (Å²) in [5.41, 5.74) is 0.653. The van der Waals surface area contributed by atoms with Crippen molar-refractivity contribution >= 4 is 0 Å². The highest BCUT2D eigenvalue weighted by Crippen LogP contribution is 2.44. The molecule has 0 amide bonds. The summed E-state index contributed by atoms with van der Waals surface area (Å²) in [6.07, 6.45) is 4.25. The molecule has 2 saturated heterocycles. The van der Waals surface area contributed by atoms with E-state index in [4.69, 9.17) is 0 Å². The van der Waals surface area contributed by atoms with Gasteiger partial charge in [-0.15, -0.1) is 0 Å². The minimum atomic E-state index is 0.653. The first-order valence-electron chi connectivity index (χ1n) is 6.49. The van der Waals surface area contributed by atoms with E-state index in [9.17, 15) is 0 Å². The first-order chi connectivity index (χ1) is 7.05. The summed E-state index contributed by atoms with van der Waals surface area (Å²) >= 11 is 0. The lowest BCUT2D eigenvalue weighted by atomic mass is 9.73. The summed E-state index contributed by atoms with van der Waals surface area (Å²) in [6, 6.07) is 1.53. The van der Waals surface area contributed by atoms with Crippen molar-refractivity contribution in [3.05, 3.63) is 0 Å². The minimum absolute atomic E-state index is 0.653. The van der Waals surface area contributed by atoms with E-state index in [2.05, 4.69) is 37.6 Å². The molecule has 0 bridgehead atoms. The maximum atomic E-state index is 2.64. The van der Waals surface area contributed by atoms with Crippen LogP contribution in [0.1, 0.15) is 40.0 Å². The van der Waals surface area contributed by atoms with Gasteiger partial charge >= 0.3 is 0 Å². The molecule has 88 valence electrons. The van der Waals surface area contributed by atoms with E-state index in [0.717, 1.165) is 12.1 Å². The van der Waals surface area contributed by atoms with Crippen LogP contribution in [0.3, 0.4) is 0 Å². The molecule has 2 aliphatic heterocycles. The van der Waals surface area contributed by atoms with Gasteiger partial charge in [-0.05, 0) is 72.1 Å². The largest absolute Gasteiger partial charge is 0.303 e. The van der Waals surface area contributed by atoms with Crippen molar-refractivity contribution in [2.45, 2.75) is 52.1 Å². The van der Waals surface area contributed by atoms with Crippen molar-refractivity contribution in [1.29, 1.82) is 0 Å². The quantitative estimate of drug-likeness (QED) is 0.654. The highest BCUT2D eigenvalue weighted by Gasteiger charge is 2.44. The van der Waals surface area contributed by atoms with Crippen LogP contribution in [0, 0.1) is 5.41 Å². The van der Waals surface area contributed by atoms with Gasteiger partial charge in [-0.25, -0.2) is 0 Å². The van der Waals surface area contributed by atoms with Gasteiger partial charge in [-0.1, -0.05) is 0 Å². The second-order valence-corrected chi connectivity index (χ2v) is 5.90. The molecule has 2 rings (SSSR count). The van der Waals surface area contributed by atoms with Crippen LogP contribution in [0.4, 0.5) is 0 Å². The number of rotatable bonds is 1. The summed E-state index contributed by atoms with van der Waals surface area (Å²) in [5, 5.41) is 0. The van der Waals surface area contributed by atoms with Gasteiger partial charge in [0, 0.05) is 12.1 Å². The Labute approximate surface area is 94.6 Å². The number of piperidine rings is 1. The molecule has 1 atom stereocenters. The Balaban J connectivity index is 1.98. The Kier molecular flexibility index (Phi) is 3.09. The van der Waals surface area contributed by atoms with Crippen LogP contribution in [0.15, 0.2) is 0 Å². The van der Waals surface area contributed by atoms with E-state index in [0.29, 0.717) is 5.41 Å². The molecule has 1 spiro atoms. The van der Waals surface area contributed by atoms with E-state index in [1.807, 2.05) is 0 Å². The zero-order chi connectivity index (χ0) is 11.1. The molecule has 0 aromatic rings. The van der Waals surface area contributed by atoms with E-state index in [1.165, 1.54) is 38.9 Å². The molecular weight excluding hydrogens is 184 g/mol. The van der Waals surface area contributed by atoms with Crippen molar-refractivity contribution in [2.24, 2.45) is 5.41 Å². The van der Waals surface area contributed by atoms with Crippen LogP contribution >= 0.6 is 0 Å². The van der Waals surface area contributed by atoms with Crippen LogP contribution < -0.4 is 0 Å². The topological polar surface area (TPSA) is 6.48 Å². The van der Waals surface area contributed by atoms with Gasteiger partial charge in [0.1, 0.15) is 0 Å². The molecular formula is C13H26N2. The van der Waals surface area contributed by atoms with Crippen LogP contribution in [0.5, 0.6) is 0 Å². The number of nitrogens with zero attached hydrogens (tertiary/aromatic N) is 2. The number of likely N-dealkylation sites (tertiary alicyclic amines) is 2. The molecule has 0 unspecified atom stereocenters. The fourth-order valence-electron chi connectivity index (χ4n) is 3.42. The third-order valence-electron chi connectivity index (χ3n) is 5.03. The van der Waals surface area contributed by atoms with Crippen LogP contribution in [-0.4, -0.2) is 48.6 Å². The van der Waals surface area contributed by atoms with Gasteiger partial charge in [0.15, 0.2) is 0 Å². The second kappa shape index (κ2) is 4.06. The predicted octanol–water partition coefficient (Wildman–Crippen LogP) is 2.20. The van der Waals surface area contributed by atoms with Crippen molar-refractivity contribution in [3.8, 4) is 0 Å². The molecule has 0 aliphatic carbocycles. The first kappa shape index (κ1) is 11.4. The summed E-state index contributed by atoms with van der Waals surface area (Å²) in [4.78, 5) is 5.18. The maximum Gasteiger partial charge on any atom is 0.0122 e. The lowest BCUT2D eigenvalue weighted by Crippen LogP contribution is -2.47. The van der Waals surface area contributed by atoms with Gasteiger partial charge in [-0.2, -0.15) is 0 Å². The zero-order valence-corrected chi connectivity index (χ0v) is 10.8. The lowest BCUT2D eigenvalue weighted by Gasteiger charge is -2.44. The Morgan fingerprint density at radius 2 is 1.60 bits per heavy atom. The highest BCUT2D eigenvalue weighted by atomic mass is 15.2. The smallest absolute Gasteiger partial charge is 0.0122 e. The lowest BCUT2D eigenvalue weighted by molar-refractivity contribution is 0.0610. The summed E-state index contributed by atoms with van der Waals surface area (Å²) in [7, 11) is 2.29. The Morgan fingerprint density at radius 3 is 2.00 bits per heavy atom. The third-order valence-corrected chi connectivity index (χ3v) is 5.03. The average molecular weight is 210 g/mol. The molecule has 0 saturated carbocycles. The third kappa shape index (κ3) is 1.94. The van der Waals surface area contributed by atoms with Crippen LogP contribution in [-0.2, 0) is 0 Å². The molecule has 2 heteroatoms. The second-order valence-electron chi connectivity index (χ2n) is 5.90. The van der Waals surface area contributed by atoms with E-state index in [-0.39, 0.29) is 0 Å². The van der Waals surface area contributed by atoms with E-state index < -0.39 is 0 Å². The van der Waals surface area contributed by atoms with Crippen molar-refractivity contribution in [2.75, 3.05) is 26.7 Å². The van der Waals surface area contributed by atoms with Gasteiger partial charge < -0.3 is 9.80 Å². The standard InChI is InChI=1S/C13H26N2/c1-11(2)15-9-6-13(7-10-15)5-8-14(4)12(13)3/h11-12H,5-10H2,1-4H3/t12-/m0/s1. The van der Waals surface area contributed by atoms with Gasteiger partial charge in [0.05, 0.1) is 0 Å². The van der Waals surface area contributed by atoms with E-state index in [1.54, 1.807) is 0 Å². The summed E-state index contributed by atoms with van der Waals surface area (Å²) < 4.78 is 0. The minimum Gasteiger partial charge on any atom is -0.303 e. The first-order valence-corrected chi connectivity index (χ1v) is 6.49. The summed E-state index contributed by atoms with van der Waals surface area (Å²) in [6.45, 7) is 11.0. The Hall–Kier alpha value is -0.0800.